The van der Waals surface area contributed by atoms with Crippen LogP contribution >= 0.6 is 0 Å². The van der Waals surface area contributed by atoms with Gasteiger partial charge < -0.3 is 19.5 Å². The van der Waals surface area contributed by atoms with Gasteiger partial charge in [-0.3, -0.25) is 0 Å². The van der Waals surface area contributed by atoms with E-state index in [-0.39, 0.29) is 0 Å². The maximum absolute atomic E-state index is 11.9. The van der Waals surface area contributed by atoms with Crippen LogP contribution in [0, 0.1) is 0 Å². The number of amides is 1. The zero-order valence-electron chi connectivity index (χ0n) is 11.3. The Morgan fingerprint density at radius 1 is 1.39 bits per heavy atom. The van der Waals surface area contributed by atoms with Crippen LogP contribution in [0.3, 0.4) is 0 Å². The second-order valence-corrected chi connectivity index (χ2v) is 5.35. The van der Waals surface area contributed by atoms with Crippen LogP contribution < -0.4 is 0 Å². The summed E-state index contributed by atoms with van der Waals surface area (Å²) in [5.74, 6) is -0.726. The molecule has 1 saturated heterocycles. The minimum absolute atomic E-state index is 0.480. The highest BCUT2D eigenvalue weighted by atomic mass is 16.6. The number of rotatable bonds is 2. The number of esters is 1. The third-order valence-electron chi connectivity index (χ3n) is 2.73. The minimum atomic E-state index is -1.31. The summed E-state index contributed by atoms with van der Waals surface area (Å²) in [7, 11) is 1.21. The SMILES string of the molecule is COC(=O)[C@H](O)C1CCCN1C(=O)OC(C)(C)C. The molecule has 0 radical (unpaired) electrons. The summed E-state index contributed by atoms with van der Waals surface area (Å²) < 4.78 is 9.72. The summed E-state index contributed by atoms with van der Waals surface area (Å²) in [6, 6.07) is -0.563. The molecule has 1 fully saturated rings. The lowest BCUT2D eigenvalue weighted by Gasteiger charge is -2.30. The molecule has 0 aromatic heterocycles. The van der Waals surface area contributed by atoms with E-state index in [1.54, 1.807) is 20.8 Å². The summed E-state index contributed by atoms with van der Waals surface area (Å²) in [4.78, 5) is 24.6. The highest BCUT2D eigenvalue weighted by molar-refractivity contribution is 5.77. The van der Waals surface area contributed by atoms with Gasteiger partial charge in [-0.25, -0.2) is 9.59 Å². The molecule has 1 aliphatic heterocycles. The fourth-order valence-corrected chi connectivity index (χ4v) is 1.95. The molecule has 6 nitrogen and oxygen atoms in total. The second-order valence-electron chi connectivity index (χ2n) is 5.35. The lowest BCUT2D eigenvalue weighted by molar-refractivity contribution is -0.153. The zero-order chi connectivity index (χ0) is 13.9. The quantitative estimate of drug-likeness (QED) is 0.746. The lowest BCUT2D eigenvalue weighted by atomic mass is 10.1. The Labute approximate surface area is 107 Å². The molecular formula is C12H21NO5. The molecule has 1 aliphatic rings. The van der Waals surface area contributed by atoms with Crippen LogP contribution in [0.15, 0.2) is 0 Å². The summed E-state index contributed by atoms with van der Waals surface area (Å²) >= 11 is 0. The number of carbonyl (C=O) groups is 2. The van der Waals surface area contributed by atoms with Crippen molar-refractivity contribution in [2.75, 3.05) is 13.7 Å². The molecule has 18 heavy (non-hydrogen) atoms. The summed E-state index contributed by atoms with van der Waals surface area (Å²) in [5.41, 5.74) is -0.597. The van der Waals surface area contributed by atoms with Gasteiger partial charge in [0, 0.05) is 6.54 Å². The average Bonchev–Trinajstić information content (AvgIpc) is 2.73. The smallest absolute Gasteiger partial charge is 0.410 e. The van der Waals surface area contributed by atoms with E-state index in [1.807, 2.05) is 0 Å². The largest absolute Gasteiger partial charge is 0.467 e. The number of aliphatic hydroxyl groups excluding tert-OH is 1. The highest BCUT2D eigenvalue weighted by Crippen LogP contribution is 2.23. The number of nitrogens with zero attached hydrogens (tertiary/aromatic N) is 1. The Bertz CT molecular complexity index is 323. The maximum atomic E-state index is 11.9. The predicted molar refractivity (Wildman–Crippen MR) is 64.0 cm³/mol. The number of likely N-dealkylation sites (tertiary alicyclic amines) is 1. The molecule has 0 aromatic carbocycles. The molecule has 1 rings (SSSR count). The van der Waals surface area contributed by atoms with Crippen molar-refractivity contribution in [3.05, 3.63) is 0 Å². The first-order valence-electron chi connectivity index (χ1n) is 6.02. The van der Waals surface area contributed by atoms with Gasteiger partial charge in [0.1, 0.15) is 5.60 Å². The Morgan fingerprint density at radius 2 is 2.00 bits per heavy atom. The maximum Gasteiger partial charge on any atom is 0.410 e. The first-order chi connectivity index (χ1) is 8.26. The van der Waals surface area contributed by atoms with Gasteiger partial charge in [0.05, 0.1) is 13.2 Å². The van der Waals surface area contributed by atoms with Crippen LogP contribution in [0.25, 0.3) is 0 Å². The topological polar surface area (TPSA) is 76.1 Å². The Morgan fingerprint density at radius 3 is 2.50 bits per heavy atom. The number of ether oxygens (including phenoxy) is 2. The van der Waals surface area contributed by atoms with Crippen LogP contribution in [0.5, 0.6) is 0 Å². The third-order valence-corrected chi connectivity index (χ3v) is 2.73. The molecule has 1 N–H and O–H groups in total. The fraction of sp³-hybridized carbons (Fsp3) is 0.833. The van der Waals surface area contributed by atoms with E-state index in [2.05, 4.69) is 4.74 Å². The van der Waals surface area contributed by atoms with Crippen LogP contribution in [-0.4, -0.2) is 53.5 Å². The standard InChI is InChI=1S/C12H21NO5/c1-12(2,3)18-11(16)13-7-5-6-8(13)9(14)10(15)17-4/h8-9,14H,5-7H2,1-4H3/t8?,9-/m1/s1. The lowest BCUT2D eigenvalue weighted by Crippen LogP contribution is -2.48. The van der Waals surface area contributed by atoms with Gasteiger partial charge in [0.25, 0.3) is 0 Å². The molecule has 0 aromatic rings. The van der Waals surface area contributed by atoms with E-state index < -0.39 is 29.8 Å². The van der Waals surface area contributed by atoms with E-state index >= 15 is 0 Å². The molecule has 1 heterocycles. The van der Waals surface area contributed by atoms with Gasteiger partial charge in [-0.2, -0.15) is 0 Å². The summed E-state index contributed by atoms with van der Waals surface area (Å²) in [5, 5.41) is 9.81. The number of carbonyl (C=O) groups excluding carboxylic acids is 2. The van der Waals surface area contributed by atoms with Gasteiger partial charge >= 0.3 is 12.1 Å². The van der Waals surface area contributed by atoms with Crippen molar-refractivity contribution in [3.63, 3.8) is 0 Å². The van der Waals surface area contributed by atoms with Gasteiger partial charge in [0.15, 0.2) is 6.10 Å². The Hall–Kier alpha value is -1.30. The number of hydrogen-bond donors (Lipinski definition) is 1. The minimum Gasteiger partial charge on any atom is -0.467 e. The van der Waals surface area contributed by atoms with E-state index in [0.29, 0.717) is 13.0 Å². The number of aliphatic hydroxyl groups is 1. The van der Waals surface area contributed by atoms with Crippen molar-refractivity contribution in [1.29, 1.82) is 0 Å². The van der Waals surface area contributed by atoms with Crippen LogP contribution in [0.2, 0.25) is 0 Å². The van der Waals surface area contributed by atoms with E-state index in [4.69, 9.17) is 4.74 Å². The van der Waals surface area contributed by atoms with Gasteiger partial charge in [-0.1, -0.05) is 0 Å². The molecule has 1 unspecified atom stereocenters. The number of hydrogen-bond acceptors (Lipinski definition) is 5. The first-order valence-corrected chi connectivity index (χ1v) is 6.02. The molecule has 2 atom stereocenters. The predicted octanol–water partition coefficient (Wildman–Crippen LogP) is 0.920. The molecule has 6 heteroatoms. The average molecular weight is 259 g/mol. The second kappa shape index (κ2) is 5.56. The number of methoxy groups -OCH3 is 1. The van der Waals surface area contributed by atoms with Crippen LogP contribution in [0.4, 0.5) is 4.79 Å². The van der Waals surface area contributed by atoms with E-state index in [0.717, 1.165) is 6.42 Å². The molecule has 0 aliphatic carbocycles. The molecule has 0 spiro atoms. The monoisotopic (exact) mass is 259 g/mol. The van der Waals surface area contributed by atoms with Crippen LogP contribution in [0.1, 0.15) is 33.6 Å². The van der Waals surface area contributed by atoms with E-state index in [1.165, 1.54) is 12.0 Å². The van der Waals surface area contributed by atoms with Crippen molar-refractivity contribution in [3.8, 4) is 0 Å². The van der Waals surface area contributed by atoms with Gasteiger partial charge in [0.2, 0.25) is 0 Å². The Kier molecular flexibility index (Phi) is 4.56. The van der Waals surface area contributed by atoms with Gasteiger partial charge in [-0.05, 0) is 33.6 Å². The van der Waals surface area contributed by atoms with Crippen molar-refractivity contribution in [2.45, 2.75) is 51.4 Å². The molecular weight excluding hydrogens is 238 g/mol. The summed E-state index contributed by atoms with van der Waals surface area (Å²) in [6.45, 7) is 5.79. The Balaban J connectivity index is 2.70. The van der Waals surface area contributed by atoms with Crippen molar-refractivity contribution in [2.24, 2.45) is 0 Å². The van der Waals surface area contributed by atoms with Crippen molar-refractivity contribution in [1.82, 2.24) is 4.90 Å². The molecule has 104 valence electrons. The molecule has 0 saturated carbocycles. The first kappa shape index (κ1) is 14.8. The van der Waals surface area contributed by atoms with Crippen molar-refractivity contribution < 1.29 is 24.2 Å². The van der Waals surface area contributed by atoms with Crippen LogP contribution in [-0.2, 0) is 14.3 Å². The summed E-state index contributed by atoms with van der Waals surface area (Å²) in [6.07, 6.45) is -0.522. The molecule has 0 bridgehead atoms. The zero-order valence-corrected chi connectivity index (χ0v) is 11.3. The van der Waals surface area contributed by atoms with Gasteiger partial charge in [-0.15, -0.1) is 0 Å². The van der Waals surface area contributed by atoms with E-state index in [9.17, 15) is 14.7 Å². The fourth-order valence-electron chi connectivity index (χ4n) is 1.95. The highest BCUT2D eigenvalue weighted by Gasteiger charge is 2.39. The normalized spacial score (nSPS) is 21.6. The van der Waals surface area contributed by atoms with Crippen molar-refractivity contribution >= 4 is 12.1 Å². The molecule has 1 amide bonds. The third kappa shape index (κ3) is 3.60.